The SMILES string of the molecule is Cc1cc(-c2c(C)cc(F)cc2C)cc([C@H](CC(=O)O)NC(=O)[C@H](CC(C)C)NC(=O)c2ccc(C(F)(F)F)n(CCCCN3CC4(CCOCC4)C3)c2=O)c1F. The predicted octanol–water partition coefficient (Wildman–Crippen LogP) is 7.11. The van der Waals surface area contributed by atoms with Crippen LogP contribution >= 0.6 is 0 Å². The first kappa shape index (κ1) is 43.5. The molecule has 0 unspecified atom stereocenters. The van der Waals surface area contributed by atoms with Gasteiger partial charge in [-0.25, -0.2) is 8.78 Å². The van der Waals surface area contributed by atoms with Gasteiger partial charge in [0.15, 0.2) is 0 Å². The molecule has 0 radical (unpaired) electrons. The number of amides is 2. The third-order valence-corrected chi connectivity index (χ3v) is 11.0. The number of hydrogen-bond donors (Lipinski definition) is 3. The quantitative estimate of drug-likeness (QED) is 0.110. The van der Waals surface area contributed by atoms with Crippen LogP contribution in [-0.2, 0) is 27.0 Å². The summed E-state index contributed by atoms with van der Waals surface area (Å²) in [6.45, 7) is 12.0. The largest absolute Gasteiger partial charge is 0.481 e. The number of nitrogens with zero attached hydrogens (tertiary/aromatic N) is 2. The van der Waals surface area contributed by atoms with Crippen molar-refractivity contribution >= 4 is 17.8 Å². The van der Waals surface area contributed by atoms with Crippen molar-refractivity contribution in [1.82, 2.24) is 20.1 Å². The molecular weight excluding hydrogens is 751 g/mol. The first-order chi connectivity index (χ1) is 26.8. The lowest BCUT2D eigenvalue weighted by molar-refractivity contribution is -0.144. The number of ether oxygens (including phenoxy) is 1. The van der Waals surface area contributed by atoms with E-state index in [0.717, 1.165) is 45.2 Å². The number of likely N-dealkylation sites (tertiary alicyclic amines) is 1. The number of pyridine rings is 1. The molecule has 10 nitrogen and oxygen atoms in total. The van der Waals surface area contributed by atoms with Crippen LogP contribution in [0.1, 0.15) is 96.7 Å². The Balaban J connectivity index is 1.35. The Bertz CT molecular complexity index is 2010. The zero-order valence-electron chi connectivity index (χ0n) is 33.0. The molecule has 5 rings (SSSR count). The number of aromatic nitrogens is 1. The van der Waals surface area contributed by atoms with Gasteiger partial charge in [-0.05, 0) is 130 Å². The second-order valence-electron chi connectivity index (χ2n) is 16.0. The minimum atomic E-state index is -4.88. The van der Waals surface area contributed by atoms with E-state index in [9.17, 15) is 41.8 Å². The molecule has 15 heteroatoms. The monoisotopic (exact) mass is 802 g/mol. The highest BCUT2D eigenvalue weighted by atomic mass is 19.4. The fourth-order valence-corrected chi connectivity index (χ4v) is 8.19. The summed E-state index contributed by atoms with van der Waals surface area (Å²) in [5.41, 5.74) is -0.548. The van der Waals surface area contributed by atoms with Crippen LogP contribution in [-0.4, -0.2) is 71.2 Å². The smallest absolute Gasteiger partial charge is 0.431 e. The van der Waals surface area contributed by atoms with Crippen molar-refractivity contribution in [3.63, 3.8) is 0 Å². The third kappa shape index (κ3) is 10.5. The number of carbonyl (C=O) groups excluding carboxylic acids is 2. The van der Waals surface area contributed by atoms with Crippen molar-refractivity contribution in [3.05, 3.63) is 91.9 Å². The van der Waals surface area contributed by atoms with E-state index in [1.54, 1.807) is 33.8 Å². The number of alkyl halides is 3. The number of halogens is 5. The molecule has 3 N–H and O–H groups in total. The number of aryl methyl sites for hydroxylation is 3. The molecule has 0 bridgehead atoms. The van der Waals surface area contributed by atoms with Crippen LogP contribution in [0.3, 0.4) is 0 Å². The van der Waals surface area contributed by atoms with Gasteiger partial charge in [-0.2, -0.15) is 13.2 Å². The Hall–Kier alpha value is -4.63. The molecule has 2 saturated heterocycles. The fraction of sp³-hybridized carbons (Fsp3) is 0.524. The van der Waals surface area contributed by atoms with E-state index in [1.165, 1.54) is 25.1 Å². The van der Waals surface area contributed by atoms with Gasteiger partial charge in [0.25, 0.3) is 11.5 Å². The molecule has 1 aromatic heterocycles. The average molecular weight is 803 g/mol. The normalized spacial score (nSPS) is 16.6. The van der Waals surface area contributed by atoms with E-state index in [-0.39, 0.29) is 41.8 Å². The van der Waals surface area contributed by atoms with Crippen LogP contribution < -0.4 is 16.2 Å². The summed E-state index contributed by atoms with van der Waals surface area (Å²) in [4.78, 5) is 55.4. The Morgan fingerprint density at radius 2 is 1.54 bits per heavy atom. The number of carboxylic acids is 1. The van der Waals surface area contributed by atoms with Crippen LogP contribution in [0.2, 0.25) is 0 Å². The number of carbonyl (C=O) groups is 3. The molecule has 0 saturated carbocycles. The highest BCUT2D eigenvalue weighted by Crippen LogP contribution is 2.40. The van der Waals surface area contributed by atoms with Crippen molar-refractivity contribution in [1.29, 1.82) is 0 Å². The van der Waals surface area contributed by atoms with Gasteiger partial charge in [-0.15, -0.1) is 0 Å². The summed E-state index contributed by atoms with van der Waals surface area (Å²) in [7, 11) is 0. The van der Waals surface area contributed by atoms with E-state index in [0.29, 0.717) is 45.9 Å². The van der Waals surface area contributed by atoms with E-state index >= 15 is 4.39 Å². The van der Waals surface area contributed by atoms with E-state index in [1.807, 2.05) is 0 Å². The molecule has 1 spiro atoms. The zero-order chi connectivity index (χ0) is 41.8. The summed E-state index contributed by atoms with van der Waals surface area (Å²) < 4.78 is 78.2. The molecule has 2 fully saturated rings. The van der Waals surface area contributed by atoms with Gasteiger partial charge in [0, 0.05) is 43.8 Å². The number of nitrogens with one attached hydrogen (secondary N) is 2. The molecule has 310 valence electrons. The molecule has 2 aliphatic heterocycles. The van der Waals surface area contributed by atoms with Crippen LogP contribution in [0.5, 0.6) is 0 Å². The molecule has 2 atom stereocenters. The van der Waals surface area contributed by atoms with Crippen molar-refractivity contribution in [2.24, 2.45) is 11.3 Å². The molecule has 3 heterocycles. The molecule has 2 amide bonds. The lowest BCUT2D eigenvalue weighted by atomic mass is 9.73. The van der Waals surface area contributed by atoms with Gasteiger partial charge >= 0.3 is 12.1 Å². The van der Waals surface area contributed by atoms with Gasteiger partial charge in [0.05, 0.1) is 12.5 Å². The summed E-state index contributed by atoms with van der Waals surface area (Å²) >= 11 is 0. The van der Waals surface area contributed by atoms with E-state index in [4.69, 9.17) is 4.74 Å². The van der Waals surface area contributed by atoms with Gasteiger partial charge in [0.2, 0.25) is 5.91 Å². The first-order valence-corrected chi connectivity index (χ1v) is 19.3. The number of benzene rings is 2. The van der Waals surface area contributed by atoms with Gasteiger partial charge in [0.1, 0.15) is 28.9 Å². The molecule has 2 aromatic carbocycles. The van der Waals surface area contributed by atoms with Crippen LogP contribution in [0, 0.1) is 43.7 Å². The lowest BCUT2D eigenvalue weighted by Crippen LogP contribution is -2.58. The molecule has 57 heavy (non-hydrogen) atoms. The number of carboxylic acid groups (broad SMARTS) is 1. The summed E-state index contributed by atoms with van der Waals surface area (Å²) in [5.74, 6) is -4.81. The van der Waals surface area contributed by atoms with E-state index in [2.05, 4.69) is 15.5 Å². The minimum absolute atomic E-state index is 0.00742. The zero-order valence-corrected chi connectivity index (χ0v) is 33.0. The van der Waals surface area contributed by atoms with Gasteiger partial charge in [-0.3, -0.25) is 19.2 Å². The van der Waals surface area contributed by atoms with Crippen molar-refractivity contribution < 1.29 is 46.2 Å². The fourth-order valence-electron chi connectivity index (χ4n) is 8.19. The third-order valence-electron chi connectivity index (χ3n) is 11.0. The number of hydrogen-bond acceptors (Lipinski definition) is 6. The van der Waals surface area contributed by atoms with Crippen LogP contribution in [0.25, 0.3) is 11.1 Å². The highest BCUT2D eigenvalue weighted by molar-refractivity contribution is 5.97. The molecule has 2 aliphatic rings. The maximum atomic E-state index is 15.8. The average Bonchev–Trinajstić information content (AvgIpc) is 3.09. The molecular formula is C42H51F5N4O6. The van der Waals surface area contributed by atoms with Crippen LogP contribution in [0.4, 0.5) is 22.0 Å². The Morgan fingerprint density at radius 3 is 2.14 bits per heavy atom. The lowest BCUT2D eigenvalue weighted by Gasteiger charge is -2.52. The second-order valence-corrected chi connectivity index (χ2v) is 16.0. The van der Waals surface area contributed by atoms with Gasteiger partial charge in [-0.1, -0.05) is 13.8 Å². The number of rotatable bonds is 15. The topological polar surface area (TPSA) is 130 Å². The van der Waals surface area contributed by atoms with Crippen molar-refractivity contribution in [2.45, 2.75) is 97.9 Å². The Kier molecular flexibility index (Phi) is 13.6. The minimum Gasteiger partial charge on any atom is -0.481 e. The number of unbranched alkanes of at least 4 members (excludes halogenated alkanes) is 1. The standard InChI is InChI=1S/C42H51F5N4O6/c1-24(2)16-33(39(55)48-32(21-35(52)53)31-20-28(17-27(5)37(31)44)36-25(3)18-29(43)19-26(36)4)49-38(54)30-8-9-34(42(45,46)47)51(40(30)56)13-7-6-12-50-22-41(23-50)10-14-57-15-11-41/h8-9,17-20,24,32-33H,6-7,10-16,21-23H2,1-5H3,(H,48,55)(H,49,54)(H,52,53)/t32-,33-/m0/s1. The maximum absolute atomic E-state index is 15.8. The predicted molar refractivity (Wildman–Crippen MR) is 204 cm³/mol. The Labute approximate surface area is 328 Å². The maximum Gasteiger partial charge on any atom is 0.431 e. The number of aliphatic carboxylic acids is 1. The van der Waals surface area contributed by atoms with Crippen LogP contribution in [0.15, 0.2) is 41.2 Å². The first-order valence-electron chi connectivity index (χ1n) is 19.3. The highest BCUT2D eigenvalue weighted by Gasteiger charge is 2.43. The molecule has 0 aliphatic carbocycles. The molecule has 3 aromatic rings. The van der Waals surface area contributed by atoms with Crippen molar-refractivity contribution in [3.8, 4) is 11.1 Å². The Morgan fingerprint density at radius 1 is 0.912 bits per heavy atom. The van der Waals surface area contributed by atoms with E-state index < -0.39 is 70.9 Å². The van der Waals surface area contributed by atoms with Gasteiger partial charge < -0.3 is 29.9 Å². The van der Waals surface area contributed by atoms with Crippen molar-refractivity contribution in [2.75, 3.05) is 32.8 Å². The summed E-state index contributed by atoms with van der Waals surface area (Å²) in [5, 5.41) is 14.8. The summed E-state index contributed by atoms with van der Waals surface area (Å²) in [6.07, 6.45) is -2.88. The summed E-state index contributed by atoms with van der Waals surface area (Å²) in [6, 6.07) is 4.22. The second kappa shape index (κ2) is 17.9.